The maximum absolute atomic E-state index is 14.0. The van der Waals surface area contributed by atoms with Gasteiger partial charge in [0.1, 0.15) is 22.3 Å². The Morgan fingerprint density at radius 2 is 1.94 bits per heavy atom. The van der Waals surface area contributed by atoms with Crippen LogP contribution in [0.25, 0.3) is 0 Å². The fourth-order valence-corrected chi connectivity index (χ4v) is 4.20. The van der Waals surface area contributed by atoms with E-state index in [1.54, 1.807) is 4.90 Å². The molecule has 2 amide bonds. The minimum atomic E-state index is -3.60. The van der Waals surface area contributed by atoms with Crippen molar-refractivity contribution in [2.75, 3.05) is 26.0 Å². The van der Waals surface area contributed by atoms with Crippen molar-refractivity contribution >= 4 is 21.7 Å². The molecule has 1 saturated heterocycles. The van der Waals surface area contributed by atoms with Crippen molar-refractivity contribution in [1.82, 2.24) is 4.90 Å². The lowest BCUT2D eigenvalue weighted by Crippen LogP contribution is -2.40. The van der Waals surface area contributed by atoms with Crippen molar-refractivity contribution in [2.45, 2.75) is 51.9 Å². The number of amidine groups is 1. The number of aliphatic imine (C=N–C) groups is 1. The molecule has 1 aromatic carbocycles. The summed E-state index contributed by atoms with van der Waals surface area (Å²) in [6.07, 6.45) is 3.52. The normalized spacial score (nSPS) is 17.5. The molecule has 0 radical (unpaired) electrons. The number of nitrogens with zero attached hydrogens (tertiary/aromatic N) is 2. The molecule has 1 aliphatic rings. The van der Waals surface area contributed by atoms with E-state index in [-0.39, 0.29) is 16.3 Å². The fourth-order valence-electron chi connectivity index (χ4n) is 3.47. The molecule has 1 aliphatic heterocycles. The summed E-state index contributed by atoms with van der Waals surface area (Å²) >= 11 is 0. The van der Waals surface area contributed by atoms with Crippen LogP contribution >= 0.6 is 0 Å². The van der Waals surface area contributed by atoms with Gasteiger partial charge in [-0.05, 0) is 43.2 Å². The molecule has 0 aromatic heterocycles. The summed E-state index contributed by atoms with van der Waals surface area (Å²) in [6.45, 7) is 9.61. The van der Waals surface area contributed by atoms with E-state index >= 15 is 0 Å². The van der Waals surface area contributed by atoms with Crippen molar-refractivity contribution in [1.29, 1.82) is 0 Å². The van der Waals surface area contributed by atoms with Gasteiger partial charge in [-0.2, -0.15) is 4.99 Å². The number of halogens is 1. The molecule has 1 heterocycles. The van der Waals surface area contributed by atoms with Crippen LogP contribution in [0.3, 0.4) is 0 Å². The average Bonchev–Trinajstić information content (AvgIpc) is 2.66. The second-order valence-electron chi connectivity index (χ2n) is 9.33. The molecule has 0 bridgehead atoms. The van der Waals surface area contributed by atoms with Gasteiger partial charge in [0.05, 0.1) is 6.61 Å². The highest BCUT2D eigenvalue weighted by Crippen LogP contribution is 2.28. The number of amides is 2. The smallest absolute Gasteiger partial charge is 0.345 e. The summed E-state index contributed by atoms with van der Waals surface area (Å²) in [5, 5.41) is 0. The monoisotopic (exact) mass is 455 g/mol. The molecule has 31 heavy (non-hydrogen) atoms. The predicted octanol–water partition coefficient (Wildman–Crippen LogP) is 3.87. The maximum atomic E-state index is 14.0. The number of hydrogen-bond acceptors (Lipinski definition) is 4. The molecular weight excluding hydrogens is 421 g/mol. The van der Waals surface area contributed by atoms with Gasteiger partial charge in [0, 0.05) is 30.8 Å². The van der Waals surface area contributed by atoms with Gasteiger partial charge in [-0.1, -0.05) is 27.7 Å². The highest BCUT2D eigenvalue weighted by molar-refractivity contribution is 7.90. The van der Waals surface area contributed by atoms with E-state index in [0.29, 0.717) is 43.1 Å². The fraction of sp³-hybridized carbons (Fsp3) is 0.636. The molecule has 174 valence electrons. The largest absolute Gasteiger partial charge is 0.493 e. The summed E-state index contributed by atoms with van der Waals surface area (Å²) in [7, 11) is -3.60. The molecule has 2 N–H and O–H groups in total. The van der Waals surface area contributed by atoms with Crippen molar-refractivity contribution in [3.8, 4) is 5.75 Å². The summed E-state index contributed by atoms with van der Waals surface area (Å²) in [4.78, 5) is 17.8. The van der Waals surface area contributed by atoms with Crippen LogP contribution in [0, 0.1) is 23.1 Å². The number of urea groups is 1. The number of benzene rings is 1. The van der Waals surface area contributed by atoms with Crippen molar-refractivity contribution in [2.24, 2.45) is 28.0 Å². The van der Waals surface area contributed by atoms with E-state index in [1.165, 1.54) is 12.1 Å². The molecular formula is C22H34FN3O4S. The first kappa shape index (κ1) is 25.1. The highest BCUT2D eigenvalue weighted by atomic mass is 32.2. The Morgan fingerprint density at radius 1 is 1.32 bits per heavy atom. The zero-order valence-corrected chi connectivity index (χ0v) is 19.8. The molecule has 7 nitrogen and oxygen atoms in total. The third kappa shape index (κ3) is 7.19. The molecule has 9 heteroatoms. The predicted molar refractivity (Wildman–Crippen MR) is 120 cm³/mol. The van der Waals surface area contributed by atoms with Crippen LogP contribution in [0.2, 0.25) is 0 Å². The van der Waals surface area contributed by atoms with Gasteiger partial charge >= 0.3 is 6.03 Å². The summed E-state index contributed by atoms with van der Waals surface area (Å²) in [5.74, 6) is 0.680. The Morgan fingerprint density at radius 3 is 2.45 bits per heavy atom. The number of rotatable bonds is 6. The SMILES string of the molecule is C[C@H](CCOc1ccc(S(C)(=O)=O)c(F)c1)C1CCN(C(=O)/N=C(\N)C(C)(C)C)CC1. The third-order valence-electron chi connectivity index (χ3n) is 5.74. The van der Waals surface area contributed by atoms with Crippen LogP contribution < -0.4 is 10.5 Å². The summed E-state index contributed by atoms with van der Waals surface area (Å²) < 4.78 is 42.6. The quantitative estimate of drug-likeness (QED) is 0.518. The van der Waals surface area contributed by atoms with Crippen LogP contribution in [0.1, 0.15) is 47.0 Å². The summed E-state index contributed by atoms with van der Waals surface area (Å²) in [6, 6.07) is 3.53. The lowest BCUT2D eigenvalue weighted by molar-refractivity contribution is 0.149. The molecule has 0 spiro atoms. The minimum Gasteiger partial charge on any atom is -0.493 e. The van der Waals surface area contributed by atoms with Gasteiger partial charge in [-0.3, -0.25) is 0 Å². The van der Waals surface area contributed by atoms with E-state index in [9.17, 15) is 17.6 Å². The Kier molecular flexibility index (Phi) is 8.08. The number of nitrogens with two attached hydrogens (primary N) is 1. The standard InChI is InChI=1S/C22H34FN3O4S/c1-15(10-13-30-17-6-7-19(18(23)14-17)31(5,28)29)16-8-11-26(12-9-16)21(27)25-20(24)22(2,3)4/h6-7,14-16H,8-13H2,1-5H3,(H2,24,25,27)/t15-/m1/s1. The number of likely N-dealkylation sites (tertiary alicyclic amines) is 1. The van der Waals surface area contributed by atoms with E-state index in [2.05, 4.69) is 11.9 Å². The van der Waals surface area contributed by atoms with Gasteiger partial charge in [0.2, 0.25) is 0 Å². The van der Waals surface area contributed by atoms with Crippen LogP contribution in [-0.2, 0) is 9.84 Å². The van der Waals surface area contributed by atoms with E-state index < -0.39 is 15.7 Å². The number of piperidine rings is 1. The lowest BCUT2D eigenvalue weighted by Gasteiger charge is -2.34. The Balaban J connectivity index is 1.80. The first-order valence-corrected chi connectivity index (χ1v) is 12.4. The first-order valence-electron chi connectivity index (χ1n) is 10.5. The topological polar surface area (TPSA) is 102 Å². The van der Waals surface area contributed by atoms with Gasteiger partial charge < -0.3 is 15.4 Å². The molecule has 0 unspecified atom stereocenters. The summed E-state index contributed by atoms with van der Waals surface area (Å²) in [5.41, 5.74) is 5.57. The molecule has 1 atom stereocenters. The zero-order valence-electron chi connectivity index (χ0n) is 19.0. The van der Waals surface area contributed by atoms with E-state index in [0.717, 1.165) is 31.6 Å². The molecule has 1 aromatic rings. The molecule has 0 aliphatic carbocycles. The van der Waals surface area contributed by atoms with Crippen LogP contribution in [0.15, 0.2) is 28.1 Å². The van der Waals surface area contributed by atoms with Crippen LogP contribution in [0.4, 0.5) is 9.18 Å². The van der Waals surface area contributed by atoms with Crippen molar-refractivity contribution in [3.63, 3.8) is 0 Å². The number of hydrogen-bond donors (Lipinski definition) is 1. The second-order valence-corrected chi connectivity index (χ2v) is 11.3. The van der Waals surface area contributed by atoms with Crippen LogP contribution in [0.5, 0.6) is 5.75 Å². The molecule has 0 saturated carbocycles. The van der Waals surface area contributed by atoms with Crippen molar-refractivity contribution in [3.05, 3.63) is 24.0 Å². The van der Waals surface area contributed by atoms with Gasteiger partial charge in [0.15, 0.2) is 9.84 Å². The van der Waals surface area contributed by atoms with Gasteiger partial charge in [0.25, 0.3) is 0 Å². The van der Waals surface area contributed by atoms with Gasteiger partial charge in [-0.25, -0.2) is 17.6 Å². The third-order valence-corrected chi connectivity index (χ3v) is 6.87. The number of ether oxygens (including phenoxy) is 1. The number of carbonyl (C=O) groups excluding carboxylic acids is 1. The van der Waals surface area contributed by atoms with E-state index in [4.69, 9.17) is 10.5 Å². The number of carbonyl (C=O) groups is 1. The number of sulfone groups is 1. The zero-order chi connectivity index (χ0) is 23.4. The lowest BCUT2D eigenvalue weighted by atomic mass is 9.84. The Labute approximate surface area is 184 Å². The average molecular weight is 456 g/mol. The van der Waals surface area contributed by atoms with E-state index in [1.807, 2.05) is 20.8 Å². The second kappa shape index (κ2) is 9.97. The molecule has 2 rings (SSSR count). The Hall–Kier alpha value is -2.16. The Bertz CT molecular complexity index is 917. The molecule has 1 fully saturated rings. The van der Waals surface area contributed by atoms with Crippen molar-refractivity contribution < 1.29 is 22.3 Å². The minimum absolute atomic E-state index is 0.276. The first-order chi connectivity index (χ1) is 14.3. The maximum Gasteiger partial charge on any atom is 0.345 e. The highest BCUT2D eigenvalue weighted by Gasteiger charge is 2.27. The van der Waals surface area contributed by atoms with Gasteiger partial charge in [-0.15, -0.1) is 0 Å². The van der Waals surface area contributed by atoms with Crippen LogP contribution in [-0.4, -0.2) is 51.1 Å².